The van der Waals surface area contributed by atoms with Gasteiger partial charge >= 0.3 is 11.9 Å². The van der Waals surface area contributed by atoms with Crippen molar-refractivity contribution in [2.45, 2.75) is 89.7 Å². The molecule has 8 heteroatoms. The number of esters is 2. The number of aliphatic hydroxyl groups is 1. The highest BCUT2D eigenvalue weighted by molar-refractivity contribution is 5.89. The summed E-state index contributed by atoms with van der Waals surface area (Å²) in [6, 6.07) is 12.1. The molecule has 0 amide bonds. The predicted octanol–water partition coefficient (Wildman–Crippen LogP) is 4.76. The Labute approximate surface area is 217 Å². The second kappa shape index (κ2) is 9.26. The fraction of sp³-hybridized carbons (Fsp3) is 0.586. The van der Waals surface area contributed by atoms with Gasteiger partial charge in [0.25, 0.3) is 0 Å². The number of benzene rings is 1. The van der Waals surface area contributed by atoms with Gasteiger partial charge in [-0.15, -0.1) is 0 Å². The van der Waals surface area contributed by atoms with Crippen LogP contribution in [-0.2, 0) is 18.9 Å². The van der Waals surface area contributed by atoms with Crippen molar-refractivity contribution in [2.24, 2.45) is 17.3 Å². The smallest absolute Gasteiger partial charge is 0.374 e. The lowest BCUT2D eigenvalue weighted by Crippen LogP contribution is -2.73. The predicted molar refractivity (Wildman–Crippen MR) is 133 cm³/mol. The number of hydrogen-bond donors (Lipinski definition) is 1. The molecule has 2 bridgehead atoms. The van der Waals surface area contributed by atoms with Crippen molar-refractivity contribution in [1.82, 2.24) is 0 Å². The van der Waals surface area contributed by atoms with Crippen LogP contribution in [0.5, 0.6) is 0 Å². The molecule has 3 fully saturated rings. The van der Waals surface area contributed by atoms with Gasteiger partial charge in [0.05, 0.1) is 28.9 Å². The van der Waals surface area contributed by atoms with Crippen LogP contribution < -0.4 is 0 Å². The zero-order valence-electron chi connectivity index (χ0n) is 22.0. The molecule has 1 aromatic carbocycles. The Bertz CT molecular complexity index is 1130. The summed E-state index contributed by atoms with van der Waals surface area (Å²) in [4.78, 5) is 26.5. The lowest BCUT2D eigenvalue weighted by atomic mass is 9.49. The van der Waals surface area contributed by atoms with E-state index in [4.69, 9.17) is 23.4 Å². The van der Waals surface area contributed by atoms with Crippen molar-refractivity contribution < 1.29 is 38.1 Å². The molecule has 1 spiro atoms. The van der Waals surface area contributed by atoms with E-state index in [1.54, 1.807) is 43.3 Å². The van der Waals surface area contributed by atoms with Gasteiger partial charge in [-0.3, -0.25) is 0 Å². The van der Waals surface area contributed by atoms with Gasteiger partial charge in [-0.05, 0) is 70.2 Å². The fourth-order valence-corrected chi connectivity index (χ4v) is 7.20. The van der Waals surface area contributed by atoms with E-state index < -0.39 is 53.2 Å². The van der Waals surface area contributed by atoms with Crippen molar-refractivity contribution in [1.29, 1.82) is 0 Å². The summed E-state index contributed by atoms with van der Waals surface area (Å²) in [7, 11) is 0. The third-order valence-electron chi connectivity index (χ3n) is 8.93. The molecule has 8 unspecified atom stereocenters. The zero-order valence-corrected chi connectivity index (χ0v) is 22.0. The van der Waals surface area contributed by atoms with Gasteiger partial charge < -0.3 is 28.5 Å². The SMILES string of the molecule is CC(O)OC1CCC(C)C23OC(C)(C)C(CC(OC(=O)c4ccccc4)C12C)C3OC(=O)c1ccco1. The molecular formula is C29H36O8. The van der Waals surface area contributed by atoms with Gasteiger partial charge in [-0.2, -0.15) is 0 Å². The quantitative estimate of drug-likeness (QED) is 0.437. The van der Waals surface area contributed by atoms with Crippen LogP contribution in [0.1, 0.15) is 74.8 Å². The molecular weight excluding hydrogens is 476 g/mol. The highest BCUT2D eigenvalue weighted by Crippen LogP contribution is 2.67. The van der Waals surface area contributed by atoms with E-state index in [9.17, 15) is 14.7 Å². The molecule has 3 aliphatic rings. The molecule has 2 aliphatic carbocycles. The maximum Gasteiger partial charge on any atom is 0.374 e. The summed E-state index contributed by atoms with van der Waals surface area (Å²) in [5.74, 6) is -1.18. The number of aliphatic hydroxyl groups excluding tert-OH is 1. The van der Waals surface area contributed by atoms with E-state index in [0.29, 0.717) is 18.4 Å². The zero-order chi connectivity index (χ0) is 26.6. The van der Waals surface area contributed by atoms with Crippen molar-refractivity contribution in [2.75, 3.05) is 0 Å². The minimum Gasteiger partial charge on any atom is -0.458 e. The van der Waals surface area contributed by atoms with E-state index >= 15 is 0 Å². The largest absolute Gasteiger partial charge is 0.458 e. The van der Waals surface area contributed by atoms with Crippen LogP contribution >= 0.6 is 0 Å². The Morgan fingerprint density at radius 1 is 1.00 bits per heavy atom. The lowest BCUT2D eigenvalue weighted by Gasteiger charge is -2.62. The Morgan fingerprint density at radius 2 is 1.73 bits per heavy atom. The van der Waals surface area contributed by atoms with Crippen LogP contribution in [0.15, 0.2) is 53.1 Å². The number of carbonyl (C=O) groups excluding carboxylic acids is 2. The molecule has 2 aromatic rings. The summed E-state index contributed by atoms with van der Waals surface area (Å²) in [5.41, 5.74) is -2.17. The average Bonchev–Trinajstić information content (AvgIpc) is 3.44. The molecule has 1 aliphatic heterocycles. The molecule has 1 saturated heterocycles. The van der Waals surface area contributed by atoms with Gasteiger partial charge in [-0.25, -0.2) is 9.59 Å². The van der Waals surface area contributed by atoms with Crippen molar-refractivity contribution in [3.63, 3.8) is 0 Å². The maximum atomic E-state index is 13.3. The Hall–Kier alpha value is -2.68. The molecule has 37 heavy (non-hydrogen) atoms. The molecule has 1 N–H and O–H groups in total. The molecule has 0 radical (unpaired) electrons. The Kier molecular flexibility index (Phi) is 6.49. The van der Waals surface area contributed by atoms with E-state index in [1.165, 1.54) is 6.26 Å². The first kappa shape index (κ1) is 25.9. The van der Waals surface area contributed by atoms with Gasteiger partial charge in [0.15, 0.2) is 6.29 Å². The number of carbonyl (C=O) groups is 2. The van der Waals surface area contributed by atoms with E-state index in [0.717, 1.165) is 6.42 Å². The number of hydrogen-bond acceptors (Lipinski definition) is 8. The van der Waals surface area contributed by atoms with Crippen LogP contribution in [0.3, 0.4) is 0 Å². The van der Waals surface area contributed by atoms with Gasteiger partial charge in [-0.1, -0.05) is 32.0 Å². The lowest BCUT2D eigenvalue weighted by molar-refractivity contribution is -0.303. The number of furan rings is 1. The maximum absolute atomic E-state index is 13.3. The monoisotopic (exact) mass is 512 g/mol. The van der Waals surface area contributed by atoms with Crippen LogP contribution in [0.25, 0.3) is 0 Å². The molecule has 2 saturated carbocycles. The molecule has 2 heterocycles. The highest BCUT2D eigenvalue weighted by Gasteiger charge is 2.78. The minimum absolute atomic E-state index is 0.0525. The molecule has 8 nitrogen and oxygen atoms in total. The van der Waals surface area contributed by atoms with Crippen molar-refractivity contribution in [3.05, 3.63) is 60.1 Å². The first-order chi connectivity index (χ1) is 17.5. The first-order valence-corrected chi connectivity index (χ1v) is 13.0. The van der Waals surface area contributed by atoms with Crippen LogP contribution in [0.4, 0.5) is 0 Å². The van der Waals surface area contributed by atoms with Crippen LogP contribution in [0, 0.1) is 17.3 Å². The summed E-state index contributed by atoms with van der Waals surface area (Å²) in [6.45, 7) is 9.63. The molecule has 1 aromatic heterocycles. The summed E-state index contributed by atoms with van der Waals surface area (Å²) < 4.78 is 30.9. The highest BCUT2D eigenvalue weighted by atomic mass is 16.6. The van der Waals surface area contributed by atoms with E-state index in [-0.39, 0.29) is 17.6 Å². The third kappa shape index (κ3) is 4.01. The summed E-state index contributed by atoms with van der Waals surface area (Å²) in [6.07, 6.45) is 0.437. The second-order valence-corrected chi connectivity index (χ2v) is 11.4. The van der Waals surface area contributed by atoms with Gasteiger partial charge in [0, 0.05) is 5.92 Å². The van der Waals surface area contributed by atoms with Crippen LogP contribution in [-0.4, -0.2) is 52.8 Å². The van der Waals surface area contributed by atoms with Gasteiger partial charge in [0.2, 0.25) is 5.76 Å². The van der Waals surface area contributed by atoms with Crippen molar-refractivity contribution >= 4 is 11.9 Å². The minimum atomic E-state index is -1.03. The van der Waals surface area contributed by atoms with Crippen LogP contribution in [0.2, 0.25) is 0 Å². The third-order valence-corrected chi connectivity index (χ3v) is 8.93. The summed E-state index contributed by atoms with van der Waals surface area (Å²) in [5, 5.41) is 10.3. The Balaban J connectivity index is 1.60. The Morgan fingerprint density at radius 3 is 2.38 bits per heavy atom. The number of fused-ring (bicyclic) bond motifs is 1. The molecule has 5 rings (SSSR count). The number of rotatable bonds is 6. The fourth-order valence-electron chi connectivity index (χ4n) is 7.20. The number of ether oxygens (including phenoxy) is 4. The topological polar surface area (TPSA) is 104 Å². The van der Waals surface area contributed by atoms with E-state index in [1.807, 2.05) is 26.8 Å². The first-order valence-electron chi connectivity index (χ1n) is 13.0. The standard InChI is InChI=1S/C29H36O8/c1-17-13-14-22(34-18(2)30)28(5)23(35-25(31)19-10-7-6-8-11-19)16-20-24(29(17,28)37-27(20,3)4)36-26(32)21-12-9-15-33-21/h6-12,15,17-18,20,22-24,30H,13-14,16H2,1-5H3. The normalized spacial score (nSPS) is 36.9. The van der Waals surface area contributed by atoms with E-state index in [2.05, 4.69) is 6.92 Å². The average molecular weight is 513 g/mol. The van der Waals surface area contributed by atoms with Crippen molar-refractivity contribution in [3.8, 4) is 0 Å². The molecule has 8 atom stereocenters. The summed E-state index contributed by atoms with van der Waals surface area (Å²) >= 11 is 0. The van der Waals surface area contributed by atoms with Gasteiger partial charge in [0.1, 0.15) is 17.8 Å². The second-order valence-electron chi connectivity index (χ2n) is 11.4. The molecule has 200 valence electrons.